The summed E-state index contributed by atoms with van der Waals surface area (Å²) in [5.74, 6) is -2.31. The van der Waals surface area contributed by atoms with Crippen molar-refractivity contribution < 1.29 is 13.6 Å². The monoisotopic (exact) mass is 263 g/mol. The predicted molar refractivity (Wildman–Crippen MR) is 65.7 cm³/mol. The Kier molecular flexibility index (Phi) is 3.79. The van der Waals surface area contributed by atoms with E-state index in [2.05, 4.69) is 15.3 Å². The smallest absolute Gasteiger partial charge is 0.278 e. The van der Waals surface area contributed by atoms with Gasteiger partial charge in [0, 0.05) is 11.8 Å². The highest BCUT2D eigenvalue weighted by Gasteiger charge is 2.15. The minimum atomic E-state index is -1.01. The van der Waals surface area contributed by atoms with Gasteiger partial charge in [-0.2, -0.15) is 0 Å². The second-order valence-corrected chi connectivity index (χ2v) is 3.81. The Labute approximate surface area is 108 Å². The fraction of sp³-hybridized carbons (Fsp3) is 0.154. The van der Waals surface area contributed by atoms with E-state index in [0.717, 1.165) is 11.9 Å². The van der Waals surface area contributed by atoms with E-state index in [1.807, 2.05) is 13.0 Å². The third-order valence-electron chi connectivity index (χ3n) is 2.43. The van der Waals surface area contributed by atoms with Crippen molar-refractivity contribution in [3.63, 3.8) is 0 Å². The average Bonchev–Trinajstić information content (AvgIpc) is 2.38. The molecule has 0 fully saturated rings. The molecule has 19 heavy (non-hydrogen) atoms. The second-order valence-electron chi connectivity index (χ2n) is 3.81. The number of aryl methyl sites for hydroxylation is 1. The number of hydrogen-bond acceptors (Lipinski definition) is 3. The second kappa shape index (κ2) is 5.51. The van der Waals surface area contributed by atoms with E-state index in [-0.39, 0.29) is 0 Å². The van der Waals surface area contributed by atoms with Crippen molar-refractivity contribution in [2.24, 2.45) is 0 Å². The summed E-state index contributed by atoms with van der Waals surface area (Å²) in [5, 5.41) is 2.42. The highest BCUT2D eigenvalue weighted by molar-refractivity contribution is 6.02. The van der Waals surface area contributed by atoms with Crippen LogP contribution in [-0.2, 0) is 6.42 Å². The van der Waals surface area contributed by atoms with Crippen LogP contribution in [0, 0.1) is 11.6 Å². The molecule has 0 saturated heterocycles. The van der Waals surface area contributed by atoms with E-state index in [1.54, 1.807) is 12.1 Å². The predicted octanol–water partition coefficient (Wildman–Crippen LogP) is 2.57. The van der Waals surface area contributed by atoms with Crippen LogP contribution in [0.25, 0.3) is 0 Å². The molecule has 0 aromatic carbocycles. The first-order chi connectivity index (χ1) is 9.10. The van der Waals surface area contributed by atoms with Crippen LogP contribution in [0.3, 0.4) is 0 Å². The summed E-state index contributed by atoms with van der Waals surface area (Å²) < 4.78 is 26.1. The molecule has 6 heteroatoms. The van der Waals surface area contributed by atoms with Crippen LogP contribution in [0.2, 0.25) is 0 Å². The van der Waals surface area contributed by atoms with Gasteiger partial charge < -0.3 is 5.32 Å². The van der Waals surface area contributed by atoms with Gasteiger partial charge in [-0.25, -0.2) is 18.7 Å². The summed E-state index contributed by atoms with van der Waals surface area (Å²) in [6.07, 6.45) is 1.50. The number of rotatable bonds is 3. The van der Waals surface area contributed by atoms with E-state index < -0.39 is 23.2 Å². The molecule has 0 aliphatic heterocycles. The summed E-state index contributed by atoms with van der Waals surface area (Å²) in [5.41, 5.74) is 0.329. The third kappa shape index (κ3) is 3.09. The van der Waals surface area contributed by atoms with E-state index in [4.69, 9.17) is 0 Å². The molecule has 0 aliphatic carbocycles. The van der Waals surface area contributed by atoms with Crippen molar-refractivity contribution >= 4 is 11.7 Å². The molecule has 0 aliphatic rings. The van der Waals surface area contributed by atoms with Crippen molar-refractivity contribution in [3.8, 4) is 0 Å². The molecular formula is C13H11F2N3O. The van der Waals surface area contributed by atoms with Crippen LogP contribution in [0.15, 0.2) is 30.5 Å². The highest BCUT2D eigenvalue weighted by atomic mass is 19.1. The number of nitrogens with zero attached hydrogens (tertiary/aromatic N) is 2. The quantitative estimate of drug-likeness (QED) is 0.926. The number of aromatic nitrogens is 2. The fourth-order valence-corrected chi connectivity index (χ4v) is 1.50. The number of pyridine rings is 2. The summed E-state index contributed by atoms with van der Waals surface area (Å²) in [6, 6.07) is 5.73. The fourth-order valence-electron chi connectivity index (χ4n) is 1.50. The maximum atomic E-state index is 13.4. The first-order valence-electron chi connectivity index (χ1n) is 5.68. The highest BCUT2D eigenvalue weighted by Crippen LogP contribution is 2.10. The normalized spacial score (nSPS) is 10.3. The van der Waals surface area contributed by atoms with E-state index >= 15 is 0 Å². The molecular weight excluding hydrogens is 252 g/mol. The SMILES string of the molecule is CCc1cccc(NC(=O)c2ncc(F)cc2F)n1. The lowest BCUT2D eigenvalue weighted by atomic mass is 10.3. The van der Waals surface area contributed by atoms with Crippen molar-refractivity contribution in [3.05, 3.63) is 53.5 Å². The van der Waals surface area contributed by atoms with Crippen molar-refractivity contribution in [1.29, 1.82) is 0 Å². The molecule has 0 radical (unpaired) electrons. The molecule has 0 bridgehead atoms. The number of nitrogens with one attached hydrogen (secondary N) is 1. The molecule has 98 valence electrons. The summed E-state index contributed by atoms with van der Waals surface area (Å²) >= 11 is 0. The number of carbonyl (C=O) groups excluding carboxylic acids is 1. The molecule has 2 aromatic rings. The largest absolute Gasteiger partial charge is 0.305 e. The zero-order chi connectivity index (χ0) is 13.8. The Hall–Kier alpha value is -2.37. The molecule has 0 atom stereocenters. The Morgan fingerprint density at radius 2 is 2.16 bits per heavy atom. The van der Waals surface area contributed by atoms with Gasteiger partial charge in [0.1, 0.15) is 11.6 Å². The minimum absolute atomic E-state index is 0.301. The maximum Gasteiger partial charge on any atom is 0.278 e. The lowest BCUT2D eigenvalue weighted by Gasteiger charge is -2.05. The van der Waals surface area contributed by atoms with Crippen molar-refractivity contribution in [2.75, 3.05) is 5.32 Å². The number of amides is 1. The average molecular weight is 263 g/mol. The maximum absolute atomic E-state index is 13.4. The summed E-state index contributed by atoms with van der Waals surface area (Å²) in [6.45, 7) is 1.93. The van der Waals surface area contributed by atoms with Crippen LogP contribution >= 0.6 is 0 Å². The van der Waals surface area contributed by atoms with E-state index in [9.17, 15) is 13.6 Å². The molecule has 4 nitrogen and oxygen atoms in total. The minimum Gasteiger partial charge on any atom is -0.305 e. The van der Waals surface area contributed by atoms with Crippen LogP contribution < -0.4 is 5.32 Å². The van der Waals surface area contributed by atoms with Crippen LogP contribution in [0.4, 0.5) is 14.6 Å². The van der Waals surface area contributed by atoms with Crippen molar-refractivity contribution in [1.82, 2.24) is 9.97 Å². The number of carbonyl (C=O) groups is 1. The standard InChI is InChI=1S/C13H11F2N3O/c1-2-9-4-3-5-11(17-9)18-13(19)12-10(15)6-8(14)7-16-12/h3-7H,2H2,1H3,(H,17,18,19). The van der Waals surface area contributed by atoms with Gasteiger partial charge >= 0.3 is 0 Å². The van der Waals surface area contributed by atoms with Crippen LogP contribution in [0.5, 0.6) is 0 Å². The van der Waals surface area contributed by atoms with Gasteiger partial charge in [0.05, 0.1) is 6.20 Å². The van der Waals surface area contributed by atoms with E-state index in [0.29, 0.717) is 18.3 Å². The van der Waals surface area contributed by atoms with Crippen LogP contribution in [0.1, 0.15) is 23.1 Å². The van der Waals surface area contributed by atoms with Gasteiger partial charge in [-0.15, -0.1) is 0 Å². The molecule has 1 amide bonds. The van der Waals surface area contributed by atoms with Gasteiger partial charge in [0.25, 0.3) is 5.91 Å². The van der Waals surface area contributed by atoms with Gasteiger partial charge in [-0.3, -0.25) is 4.79 Å². The summed E-state index contributed by atoms with van der Waals surface area (Å²) in [7, 11) is 0. The lowest BCUT2D eigenvalue weighted by Crippen LogP contribution is -2.17. The Morgan fingerprint density at radius 3 is 2.84 bits per heavy atom. The lowest BCUT2D eigenvalue weighted by molar-refractivity contribution is 0.101. The molecule has 0 saturated carbocycles. The molecule has 1 N–H and O–H groups in total. The van der Waals surface area contributed by atoms with Gasteiger partial charge in [0.2, 0.25) is 0 Å². The number of anilines is 1. The van der Waals surface area contributed by atoms with Crippen LogP contribution in [-0.4, -0.2) is 15.9 Å². The van der Waals surface area contributed by atoms with Gasteiger partial charge in [0.15, 0.2) is 11.5 Å². The van der Waals surface area contributed by atoms with Gasteiger partial charge in [-0.05, 0) is 18.6 Å². The summed E-state index contributed by atoms with van der Waals surface area (Å²) in [4.78, 5) is 19.3. The van der Waals surface area contributed by atoms with Gasteiger partial charge in [-0.1, -0.05) is 13.0 Å². The Bertz CT molecular complexity index is 617. The molecule has 2 rings (SSSR count). The zero-order valence-electron chi connectivity index (χ0n) is 10.2. The molecule has 2 heterocycles. The first-order valence-corrected chi connectivity index (χ1v) is 5.68. The van der Waals surface area contributed by atoms with E-state index in [1.165, 1.54) is 0 Å². The first kappa shape index (κ1) is 13.1. The third-order valence-corrected chi connectivity index (χ3v) is 2.43. The topological polar surface area (TPSA) is 54.9 Å². The molecule has 0 unspecified atom stereocenters. The molecule has 0 spiro atoms. The Morgan fingerprint density at radius 1 is 1.37 bits per heavy atom. The molecule has 2 aromatic heterocycles. The zero-order valence-corrected chi connectivity index (χ0v) is 10.2. The number of halogens is 2. The Balaban J connectivity index is 2.20. The van der Waals surface area contributed by atoms with Crippen molar-refractivity contribution in [2.45, 2.75) is 13.3 Å². The number of hydrogen-bond donors (Lipinski definition) is 1.